The summed E-state index contributed by atoms with van der Waals surface area (Å²) in [6, 6.07) is 0. The van der Waals surface area contributed by atoms with Gasteiger partial charge in [-0.3, -0.25) is 9.59 Å². The summed E-state index contributed by atoms with van der Waals surface area (Å²) >= 11 is 1.31. The van der Waals surface area contributed by atoms with Crippen LogP contribution in [0.25, 0.3) is 0 Å². The number of nitrogens with one attached hydrogen (secondary N) is 1. The third-order valence-electron chi connectivity index (χ3n) is 3.91. The van der Waals surface area contributed by atoms with Crippen molar-refractivity contribution < 1.29 is 14.3 Å². The Labute approximate surface area is 144 Å². The average Bonchev–Trinajstić information content (AvgIpc) is 2.80. The van der Waals surface area contributed by atoms with Crippen LogP contribution in [-0.4, -0.2) is 28.9 Å². The fraction of sp³-hybridized carbons (Fsp3) is 0.667. The molecule has 0 saturated heterocycles. The van der Waals surface area contributed by atoms with E-state index >= 15 is 0 Å². The van der Waals surface area contributed by atoms with E-state index in [4.69, 9.17) is 4.74 Å². The number of carbonyl (C=O) groups excluding carboxylic acids is 2. The second-order valence-electron chi connectivity index (χ2n) is 6.06. The molecule has 0 aromatic rings. The summed E-state index contributed by atoms with van der Waals surface area (Å²) in [6.07, 6.45) is 11.4. The molecule has 1 amide bonds. The van der Waals surface area contributed by atoms with E-state index in [2.05, 4.69) is 18.8 Å². The maximum atomic E-state index is 11.8. The summed E-state index contributed by atoms with van der Waals surface area (Å²) in [5.74, 6) is 0.437. The molecule has 0 aliphatic carbocycles. The van der Waals surface area contributed by atoms with E-state index in [1.807, 2.05) is 6.92 Å². The number of carbonyl (C=O) groups is 2. The zero-order chi connectivity index (χ0) is 17.1. The van der Waals surface area contributed by atoms with Crippen LogP contribution in [0.15, 0.2) is 24.5 Å². The van der Waals surface area contributed by atoms with Crippen molar-refractivity contribution in [2.75, 3.05) is 13.2 Å². The molecular formula is C18H29NO3S. The number of hydrogen-bond donors (Lipinski definition) is 1. The smallest absolute Gasteiger partial charge is 0.258 e. The van der Waals surface area contributed by atoms with Gasteiger partial charge in [-0.25, -0.2) is 0 Å². The topological polar surface area (TPSA) is 55.4 Å². The lowest BCUT2D eigenvalue weighted by atomic mass is 9.99. The van der Waals surface area contributed by atoms with E-state index in [1.165, 1.54) is 49.9 Å². The zero-order valence-electron chi connectivity index (χ0n) is 14.4. The van der Waals surface area contributed by atoms with Crippen LogP contribution in [0.1, 0.15) is 58.8 Å². The molecule has 0 spiro atoms. The van der Waals surface area contributed by atoms with E-state index in [0.29, 0.717) is 12.3 Å². The van der Waals surface area contributed by atoms with Gasteiger partial charge < -0.3 is 10.1 Å². The van der Waals surface area contributed by atoms with Crippen LogP contribution in [0.5, 0.6) is 0 Å². The highest BCUT2D eigenvalue weighted by Crippen LogP contribution is 2.43. The van der Waals surface area contributed by atoms with E-state index in [-0.39, 0.29) is 22.4 Å². The first-order valence-corrected chi connectivity index (χ1v) is 9.29. The van der Waals surface area contributed by atoms with Crippen molar-refractivity contribution in [2.45, 2.75) is 63.5 Å². The molecule has 130 valence electrons. The van der Waals surface area contributed by atoms with Crippen LogP contribution in [0.3, 0.4) is 0 Å². The lowest BCUT2D eigenvalue weighted by Gasteiger charge is -2.25. The molecule has 1 aliphatic rings. The lowest BCUT2D eigenvalue weighted by molar-refractivity contribution is -0.124. The fourth-order valence-electron chi connectivity index (χ4n) is 2.55. The Morgan fingerprint density at radius 1 is 1.35 bits per heavy atom. The van der Waals surface area contributed by atoms with E-state index in [1.54, 1.807) is 6.08 Å². The minimum Gasteiger partial charge on any atom is -0.486 e. The zero-order valence-corrected chi connectivity index (χ0v) is 15.2. The average molecular weight is 340 g/mol. The molecule has 1 rings (SSSR count). The second kappa shape index (κ2) is 10.5. The van der Waals surface area contributed by atoms with Crippen molar-refractivity contribution in [1.82, 2.24) is 5.32 Å². The highest BCUT2D eigenvalue weighted by Gasteiger charge is 2.39. The lowest BCUT2D eigenvalue weighted by Crippen LogP contribution is -2.30. The van der Waals surface area contributed by atoms with Gasteiger partial charge >= 0.3 is 0 Å². The van der Waals surface area contributed by atoms with Gasteiger partial charge in [-0.1, -0.05) is 63.3 Å². The highest BCUT2D eigenvalue weighted by molar-refractivity contribution is 8.15. The Bertz CT molecular complexity index is 448. The minimum atomic E-state index is -0.333. The molecule has 0 unspecified atom stereocenters. The molecule has 23 heavy (non-hydrogen) atoms. The predicted molar refractivity (Wildman–Crippen MR) is 96.2 cm³/mol. The SMILES string of the molecule is C=CCNC(=O)COC1=CC(=O)S[C@]1(C)CCCCCCCC. The number of hydrogen-bond acceptors (Lipinski definition) is 4. The van der Waals surface area contributed by atoms with Crippen molar-refractivity contribution in [3.8, 4) is 0 Å². The van der Waals surface area contributed by atoms with Crippen LogP contribution < -0.4 is 5.32 Å². The molecule has 0 radical (unpaired) electrons. The molecular weight excluding hydrogens is 310 g/mol. The molecule has 0 fully saturated rings. The first-order chi connectivity index (χ1) is 11.0. The molecule has 5 heteroatoms. The van der Waals surface area contributed by atoms with Gasteiger partial charge in [-0.05, 0) is 13.3 Å². The quantitative estimate of drug-likeness (QED) is 0.432. The Morgan fingerprint density at radius 3 is 2.74 bits per heavy atom. The predicted octanol–water partition coefficient (Wildman–Crippen LogP) is 3.97. The normalized spacial score (nSPS) is 20.3. The number of unbranched alkanes of at least 4 members (excludes halogenated alkanes) is 5. The second-order valence-corrected chi connectivity index (χ2v) is 7.57. The third-order valence-corrected chi connectivity index (χ3v) is 5.08. The number of amides is 1. The van der Waals surface area contributed by atoms with Crippen LogP contribution in [0.2, 0.25) is 0 Å². The van der Waals surface area contributed by atoms with Gasteiger partial charge in [0.25, 0.3) is 5.91 Å². The first-order valence-electron chi connectivity index (χ1n) is 8.47. The third kappa shape index (κ3) is 7.25. The molecule has 1 aliphatic heterocycles. The maximum Gasteiger partial charge on any atom is 0.258 e. The number of thioether (sulfide) groups is 1. The van der Waals surface area contributed by atoms with Gasteiger partial charge in [0.05, 0.1) is 4.75 Å². The van der Waals surface area contributed by atoms with Crippen molar-refractivity contribution in [3.63, 3.8) is 0 Å². The fourth-order valence-corrected chi connectivity index (χ4v) is 3.63. The summed E-state index contributed by atoms with van der Waals surface area (Å²) < 4.78 is 5.28. The molecule has 1 N–H and O–H groups in total. The summed E-state index contributed by atoms with van der Waals surface area (Å²) in [6.45, 7) is 8.15. The Hall–Kier alpha value is -1.23. The minimum absolute atomic E-state index is 0.0139. The van der Waals surface area contributed by atoms with Gasteiger partial charge in [-0.2, -0.15) is 0 Å². The summed E-state index contributed by atoms with van der Waals surface area (Å²) in [5, 5.41) is 2.68. The maximum absolute atomic E-state index is 11.8. The molecule has 0 aromatic carbocycles. The summed E-state index contributed by atoms with van der Waals surface area (Å²) in [7, 11) is 0. The molecule has 1 heterocycles. The van der Waals surface area contributed by atoms with Crippen molar-refractivity contribution in [3.05, 3.63) is 24.5 Å². The molecule has 0 saturated carbocycles. The van der Waals surface area contributed by atoms with Gasteiger partial charge in [0.2, 0.25) is 5.12 Å². The van der Waals surface area contributed by atoms with Crippen molar-refractivity contribution >= 4 is 22.8 Å². The standard InChI is InChI=1S/C18H29NO3S/c1-4-6-7-8-9-10-11-18(3)15(13-17(21)23-18)22-14-16(20)19-12-5-2/h5,13H,2,4,6-12,14H2,1,3H3,(H,19,20)/t18-/m1/s1. The Morgan fingerprint density at radius 2 is 2.04 bits per heavy atom. The van der Waals surface area contributed by atoms with Gasteiger partial charge in [-0.15, -0.1) is 6.58 Å². The van der Waals surface area contributed by atoms with Gasteiger partial charge in [0.15, 0.2) is 6.61 Å². The first kappa shape index (κ1) is 19.8. The van der Waals surface area contributed by atoms with E-state index in [0.717, 1.165) is 12.8 Å². The van der Waals surface area contributed by atoms with Crippen LogP contribution in [0.4, 0.5) is 0 Å². The van der Waals surface area contributed by atoms with Crippen LogP contribution >= 0.6 is 11.8 Å². The monoisotopic (exact) mass is 339 g/mol. The van der Waals surface area contributed by atoms with Gasteiger partial charge in [0, 0.05) is 12.6 Å². The van der Waals surface area contributed by atoms with Crippen molar-refractivity contribution in [1.29, 1.82) is 0 Å². The van der Waals surface area contributed by atoms with Crippen molar-refractivity contribution in [2.24, 2.45) is 0 Å². The molecule has 1 atom stereocenters. The highest BCUT2D eigenvalue weighted by atomic mass is 32.2. The Kier molecular flexibility index (Phi) is 9.07. The van der Waals surface area contributed by atoms with Crippen LogP contribution in [-0.2, 0) is 14.3 Å². The van der Waals surface area contributed by atoms with Gasteiger partial charge in [0.1, 0.15) is 5.76 Å². The van der Waals surface area contributed by atoms with E-state index in [9.17, 15) is 9.59 Å². The van der Waals surface area contributed by atoms with E-state index < -0.39 is 0 Å². The largest absolute Gasteiger partial charge is 0.486 e. The Balaban J connectivity index is 2.39. The van der Waals surface area contributed by atoms with Crippen LogP contribution in [0, 0.1) is 0 Å². The summed E-state index contributed by atoms with van der Waals surface area (Å²) in [4.78, 5) is 23.4. The summed E-state index contributed by atoms with van der Waals surface area (Å²) in [5.41, 5.74) is 0. The molecule has 4 nitrogen and oxygen atoms in total. The molecule has 0 bridgehead atoms. The number of ether oxygens (including phenoxy) is 1. The number of rotatable bonds is 12. The molecule has 0 aromatic heterocycles.